The Morgan fingerprint density at radius 2 is 2.09 bits per heavy atom. The predicted octanol–water partition coefficient (Wildman–Crippen LogP) is 2.88. The van der Waals surface area contributed by atoms with Gasteiger partial charge in [-0.05, 0) is 18.8 Å². The molecule has 0 unspecified atom stereocenters. The van der Waals surface area contributed by atoms with Gasteiger partial charge in [0.25, 0.3) is 0 Å². The van der Waals surface area contributed by atoms with Gasteiger partial charge < -0.3 is 4.74 Å². The summed E-state index contributed by atoms with van der Waals surface area (Å²) in [6, 6.07) is 0. The van der Waals surface area contributed by atoms with Crippen LogP contribution in [0.4, 0.5) is 0 Å². The molecule has 0 atom stereocenters. The van der Waals surface area contributed by atoms with E-state index >= 15 is 0 Å². The highest BCUT2D eigenvalue weighted by Crippen LogP contribution is 2.23. The van der Waals surface area contributed by atoms with Gasteiger partial charge in [-0.25, -0.2) is 0 Å². The van der Waals surface area contributed by atoms with Crippen LogP contribution < -0.4 is 0 Å². The summed E-state index contributed by atoms with van der Waals surface area (Å²) in [5.74, 6) is 0.786. The molecule has 0 aromatic heterocycles. The fourth-order valence-electron chi connectivity index (χ4n) is 1.60. The molecule has 0 heterocycles. The molecule has 1 heteroatoms. The highest BCUT2D eigenvalue weighted by Gasteiger charge is 2.12. The highest BCUT2D eigenvalue weighted by molar-refractivity contribution is 4.68. The van der Waals surface area contributed by atoms with Gasteiger partial charge in [0.2, 0.25) is 0 Å². The molecule has 1 aliphatic carbocycles. The quantitative estimate of drug-likeness (QED) is 0.446. The van der Waals surface area contributed by atoms with E-state index in [2.05, 4.69) is 12.3 Å². The Kier molecular flexibility index (Phi) is 3.85. The average molecular weight is 152 g/mol. The number of hydrogen-bond acceptors (Lipinski definition) is 1. The summed E-state index contributed by atoms with van der Waals surface area (Å²) in [4.78, 5) is 0. The van der Waals surface area contributed by atoms with Crippen molar-refractivity contribution < 1.29 is 4.74 Å². The van der Waals surface area contributed by atoms with Crippen LogP contribution in [0, 0.1) is 5.92 Å². The van der Waals surface area contributed by atoms with Crippen LogP contribution in [0.2, 0.25) is 0 Å². The molecule has 0 radical (unpaired) electrons. The van der Waals surface area contributed by atoms with Gasteiger partial charge in [0.05, 0.1) is 6.61 Å². The third-order valence-corrected chi connectivity index (χ3v) is 2.22. The van der Waals surface area contributed by atoms with Gasteiger partial charge in [-0.15, -0.1) is 0 Å². The van der Waals surface area contributed by atoms with Crippen molar-refractivity contribution in [3.63, 3.8) is 0 Å². The molecule has 0 spiro atoms. The Morgan fingerprint density at radius 1 is 1.36 bits per heavy atom. The number of ether oxygens (including phenoxy) is 1. The van der Waals surface area contributed by atoms with Crippen LogP contribution in [-0.4, -0.2) is 6.61 Å². The van der Waals surface area contributed by atoms with Crippen LogP contribution in [0.25, 0.3) is 0 Å². The van der Waals surface area contributed by atoms with E-state index in [1.807, 2.05) is 0 Å². The lowest BCUT2D eigenvalue weighted by atomic mass is 9.90. The summed E-state index contributed by atoms with van der Waals surface area (Å²) in [7, 11) is 0. The third kappa shape index (κ3) is 3.29. The lowest BCUT2D eigenvalue weighted by molar-refractivity contribution is 0.166. The lowest BCUT2D eigenvalue weighted by Gasteiger charge is -2.20. The van der Waals surface area contributed by atoms with E-state index in [9.17, 15) is 0 Å². The van der Waals surface area contributed by atoms with Gasteiger partial charge in [-0.3, -0.25) is 0 Å². The van der Waals surface area contributed by atoms with Gasteiger partial charge in [-0.1, -0.05) is 31.6 Å². The molecular formula is C10H16O. The summed E-state index contributed by atoms with van der Waals surface area (Å²) in [6.45, 7) is 4.30. The first kappa shape index (κ1) is 8.42. The number of rotatable bonds is 3. The van der Waals surface area contributed by atoms with E-state index in [4.69, 9.17) is 4.74 Å². The fraction of sp³-hybridized carbons (Fsp3) is 0.700. The zero-order valence-corrected chi connectivity index (χ0v) is 7.01. The second kappa shape index (κ2) is 5.03. The van der Waals surface area contributed by atoms with Crippen molar-refractivity contribution in [3.8, 4) is 0 Å². The SMILES string of the molecule is C=C=COCC1CCCCC1. The standard InChI is InChI=1S/C10H16O/c1-2-8-11-9-10-6-4-3-5-7-10/h8,10H,1,3-7,9H2. The molecule has 0 N–H and O–H groups in total. The molecule has 62 valence electrons. The van der Waals surface area contributed by atoms with Crippen molar-refractivity contribution in [1.29, 1.82) is 0 Å². The van der Waals surface area contributed by atoms with E-state index in [1.165, 1.54) is 32.1 Å². The lowest BCUT2D eigenvalue weighted by Crippen LogP contribution is -2.11. The fourth-order valence-corrected chi connectivity index (χ4v) is 1.60. The Balaban J connectivity index is 2.09. The molecule has 0 aromatic rings. The zero-order valence-electron chi connectivity index (χ0n) is 7.01. The molecule has 11 heavy (non-hydrogen) atoms. The van der Waals surface area contributed by atoms with Crippen molar-refractivity contribution >= 4 is 0 Å². The highest BCUT2D eigenvalue weighted by atomic mass is 16.5. The van der Waals surface area contributed by atoms with Crippen LogP contribution in [0.1, 0.15) is 32.1 Å². The maximum Gasteiger partial charge on any atom is 0.124 e. The topological polar surface area (TPSA) is 9.23 Å². The molecule has 1 rings (SSSR count). The third-order valence-electron chi connectivity index (χ3n) is 2.22. The summed E-state index contributed by atoms with van der Waals surface area (Å²) in [5.41, 5.74) is 2.61. The maximum atomic E-state index is 5.22. The van der Waals surface area contributed by atoms with Gasteiger partial charge >= 0.3 is 0 Å². The van der Waals surface area contributed by atoms with Gasteiger partial charge in [0.15, 0.2) is 0 Å². The predicted molar refractivity (Wildman–Crippen MR) is 46.2 cm³/mol. The van der Waals surface area contributed by atoms with Gasteiger partial charge in [0.1, 0.15) is 6.26 Å². The molecular weight excluding hydrogens is 136 g/mol. The second-order valence-corrected chi connectivity index (χ2v) is 3.16. The largest absolute Gasteiger partial charge is 0.493 e. The van der Waals surface area contributed by atoms with Gasteiger partial charge in [0, 0.05) is 0 Å². The minimum atomic E-state index is 0.786. The molecule has 1 aliphatic rings. The van der Waals surface area contributed by atoms with E-state index in [1.54, 1.807) is 6.26 Å². The Morgan fingerprint density at radius 3 is 2.73 bits per heavy atom. The van der Waals surface area contributed by atoms with Crippen LogP contribution in [0.15, 0.2) is 18.6 Å². The van der Waals surface area contributed by atoms with Crippen LogP contribution >= 0.6 is 0 Å². The van der Waals surface area contributed by atoms with E-state index in [0.717, 1.165) is 12.5 Å². The van der Waals surface area contributed by atoms with Gasteiger partial charge in [-0.2, -0.15) is 0 Å². The molecule has 1 nitrogen and oxygen atoms in total. The monoisotopic (exact) mass is 152 g/mol. The number of hydrogen-bond donors (Lipinski definition) is 0. The average Bonchev–Trinajstić information content (AvgIpc) is 2.07. The summed E-state index contributed by atoms with van der Waals surface area (Å²) in [6.07, 6.45) is 8.41. The molecule has 0 aromatic carbocycles. The van der Waals surface area contributed by atoms with Crippen molar-refractivity contribution in [1.82, 2.24) is 0 Å². The van der Waals surface area contributed by atoms with Crippen LogP contribution in [0.3, 0.4) is 0 Å². The Bertz CT molecular complexity index is 139. The first-order chi connectivity index (χ1) is 5.43. The van der Waals surface area contributed by atoms with E-state index in [0.29, 0.717) is 0 Å². The van der Waals surface area contributed by atoms with Crippen molar-refractivity contribution in [3.05, 3.63) is 18.6 Å². The van der Waals surface area contributed by atoms with Crippen molar-refractivity contribution in [2.24, 2.45) is 5.92 Å². The summed E-state index contributed by atoms with van der Waals surface area (Å²) >= 11 is 0. The van der Waals surface area contributed by atoms with E-state index in [-0.39, 0.29) is 0 Å². The molecule has 0 bridgehead atoms. The Labute approximate surface area is 68.8 Å². The minimum absolute atomic E-state index is 0.786. The van der Waals surface area contributed by atoms with E-state index < -0.39 is 0 Å². The Hall–Kier alpha value is -0.680. The van der Waals surface area contributed by atoms with Crippen LogP contribution in [0.5, 0.6) is 0 Å². The van der Waals surface area contributed by atoms with Crippen molar-refractivity contribution in [2.45, 2.75) is 32.1 Å². The van der Waals surface area contributed by atoms with Crippen molar-refractivity contribution in [2.75, 3.05) is 6.61 Å². The first-order valence-electron chi connectivity index (χ1n) is 4.39. The molecule has 0 saturated heterocycles. The molecule has 1 fully saturated rings. The first-order valence-corrected chi connectivity index (χ1v) is 4.39. The zero-order chi connectivity index (χ0) is 7.94. The summed E-state index contributed by atoms with van der Waals surface area (Å²) < 4.78 is 5.22. The molecule has 1 saturated carbocycles. The molecule has 0 aliphatic heterocycles. The minimum Gasteiger partial charge on any atom is -0.493 e. The smallest absolute Gasteiger partial charge is 0.124 e. The second-order valence-electron chi connectivity index (χ2n) is 3.16. The van der Waals surface area contributed by atoms with Crippen LogP contribution in [-0.2, 0) is 4.74 Å². The normalized spacial score (nSPS) is 18.9. The summed E-state index contributed by atoms with van der Waals surface area (Å²) in [5, 5.41) is 0. The maximum absolute atomic E-state index is 5.22. The molecule has 0 amide bonds.